The van der Waals surface area contributed by atoms with Gasteiger partial charge in [-0.05, 0) is 35.9 Å². The number of anilines is 1. The van der Waals surface area contributed by atoms with E-state index in [4.69, 9.17) is 28.9 Å². The molecule has 0 amide bonds. The summed E-state index contributed by atoms with van der Waals surface area (Å²) in [7, 11) is 0. The van der Waals surface area contributed by atoms with Crippen LogP contribution in [0.25, 0.3) is 0 Å². The summed E-state index contributed by atoms with van der Waals surface area (Å²) >= 11 is 15.3. The first-order chi connectivity index (χ1) is 10.3. The van der Waals surface area contributed by atoms with Gasteiger partial charge in [-0.3, -0.25) is 4.79 Å². The number of carbonyl (C=O) groups is 2. The van der Waals surface area contributed by atoms with Crippen molar-refractivity contribution in [1.82, 2.24) is 0 Å². The highest BCUT2D eigenvalue weighted by Gasteiger charge is 2.18. The second kappa shape index (κ2) is 6.69. The minimum atomic E-state index is -1.31. The lowest BCUT2D eigenvalue weighted by atomic mass is 9.97. The molecular weight excluding hydrogens is 393 g/mol. The SMILES string of the molecule is Nc1c(CC(=O)[O-])cc(Cl)cc1C(=O)c1ccc(Br)cc1Cl. The summed E-state index contributed by atoms with van der Waals surface area (Å²) < 4.78 is 0.728. The Labute approximate surface area is 145 Å². The molecule has 7 heteroatoms. The van der Waals surface area contributed by atoms with Crippen LogP contribution in [0.1, 0.15) is 21.5 Å². The van der Waals surface area contributed by atoms with Crippen LogP contribution in [0, 0.1) is 0 Å². The summed E-state index contributed by atoms with van der Waals surface area (Å²) in [4.78, 5) is 23.3. The second-order valence-electron chi connectivity index (χ2n) is 4.53. The van der Waals surface area contributed by atoms with Crippen LogP contribution < -0.4 is 10.8 Å². The number of carboxylic acid groups (broad SMARTS) is 1. The predicted octanol–water partition coefficient (Wildman–Crippen LogP) is 2.86. The van der Waals surface area contributed by atoms with Crippen LogP contribution in [-0.2, 0) is 11.2 Å². The zero-order valence-corrected chi connectivity index (χ0v) is 14.1. The van der Waals surface area contributed by atoms with Gasteiger partial charge in [0, 0.05) is 38.7 Å². The zero-order valence-electron chi connectivity index (χ0n) is 11.0. The van der Waals surface area contributed by atoms with Gasteiger partial charge in [0.2, 0.25) is 0 Å². The number of carbonyl (C=O) groups excluding carboxylic acids is 2. The van der Waals surface area contributed by atoms with E-state index < -0.39 is 18.2 Å². The van der Waals surface area contributed by atoms with Gasteiger partial charge in [-0.15, -0.1) is 0 Å². The van der Waals surface area contributed by atoms with Crippen LogP contribution in [0.2, 0.25) is 10.0 Å². The molecule has 2 aromatic carbocycles. The van der Waals surface area contributed by atoms with Crippen molar-refractivity contribution >= 4 is 56.6 Å². The van der Waals surface area contributed by atoms with Gasteiger partial charge in [-0.2, -0.15) is 0 Å². The van der Waals surface area contributed by atoms with Crippen molar-refractivity contribution in [2.45, 2.75) is 6.42 Å². The third kappa shape index (κ3) is 3.61. The van der Waals surface area contributed by atoms with E-state index in [-0.39, 0.29) is 32.4 Å². The number of hydrogen-bond donors (Lipinski definition) is 1. The highest BCUT2D eigenvalue weighted by Crippen LogP contribution is 2.29. The summed E-state index contributed by atoms with van der Waals surface area (Å²) in [6.45, 7) is 0. The van der Waals surface area contributed by atoms with Crippen LogP contribution >= 0.6 is 39.1 Å². The maximum absolute atomic E-state index is 12.6. The summed E-state index contributed by atoms with van der Waals surface area (Å²) in [6, 6.07) is 7.58. The van der Waals surface area contributed by atoms with Crippen molar-refractivity contribution in [2.75, 3.05) is 5.73 Å². The lowest BCUT2D eigenvalue weighted by Crippen LogP contribution is -2.25. The maximum Gasteiger partial charge on any atom is 0.196 e. The van der Waals surface area contributed by atoms with E-state index in [0.717, 1.165) is 4.47 Å². The fourth-order valence-corrected chi connectivity index (χ4v) is 2.98. The minimum absolute atomic E-state index is 0.0533. The van der Waals surface area contributed by atoms with Crippen molar-refractivity contribution in [3.8, 4) is 0 Å². The van der Waals surface area contributed by atoms with E-state index in [1.54, 1.807) is 18.2 Å². The van der Waals surface area contributed by atoms with Crippen LogP contribution in [0.3, 0.4) is 0 Å². The zero-order chi connectivity index (χ0) is 16.4. The minimum Gasteiger partial charge on any atom is -0.550 e. The average Bonchev–Trinajstić information content (AvgIpc) is 2.41. The number of carboxylic acids is 1. The highest BCUT2D eigenvalue weighted by atomic mass is 79.9. The van der Waals surface area contributed by atoms with Crippen LogP contribution in [0.15, 0.2) is 34.8 Å². The fourth-order valence-electron chi connectivity index (χ4n) is 1.98. The first kappa shape index (κ1) is 16.8. The summed E-state index contributed by atoms with van der Waals surface area (Å²) in [5.41, 5.74) is 6.53. The first-order valence-electron chi connectivity index (χ1n) is 6.07. The van der Waals surface area contributed by atoms with Gasteiger partial charge in [0.1, 0.15) is 0 Å². The largest absolute Gasteiger partial charge is 0.550 e. The van der Waals surface area contributed by atoms with Gasteiger partial charge in [0.15, 0.2) is 5.78 Å². The Kier molecular flexibility index (Phi) is 5.11. The molecule has 114 valence electrons. The van der Waals surface area contributed by atoms with E-state index in [1.807, 2.05) is 0 Å². The van der Waals surface area contributed by atoms with Crippen LogP contribution in [0.4, 0.5) is 5.69 Å². The van der Waals surface area contributed by atoms with Crippen molar-refractivity contribution in [3.63, 3.8) is 0 Å². The molecule has 0 unspecified atom stereocenters. The molecule has 2 aromatic rings. The normalized spacial score (nSPS) is 10.5. The Balaban J connectivity index is 2.54. The Hall–Kier alpha value is -1.56. The van der Waals surface area contributed by atoms with Gasteiger partial charge >= 0.3 is 0 Å². The number of aliphatic carboxylic acids is 1. The summed E-state index contributed by atoms with van der Waals surface area (Å²) in [5, 5.41) is 11.2. The quantitative estimate of drug-likeness (QED) is 0.630. The average molecular weight is 402 g/mol. The lowest BCUT2D eigenvalue weighted by Gasteiger charge is -2.13. The third-order valence-corrected chi connectivity index (χ3v) is 4.01. The van der Waals surface area contributed by atoms with Gasteiger partial charge in [-0.25, -0.2) is 0 Å². The highest BCUT2D eigenvalue weighted by molar-refractivity contribution is 9.10. The smallest absolute Gasteiger partial charge is 0.196 e. The number of benzene rings is 2. The molecule has 2 N–H and O–H groups in total. The molecule has 0 aromatic heterocycles. The van der Waals surface area contributed by atoms with Gasteiger partial charge in [0.25, 0.3) is 0 Å². The molecule has 0 bridgehead atoms. The Morgan fingerprint density at radius 3 is 2.41 bits per heavy atom. The molecule has 0 aliphatic heterocycles. The number of ketones is 1. The van der Waals surface area contributed by atoms with Gasteiger partial charge < -0.3 is 15.6 Å². The Morgan fingerprint density at radius 2 is 1.82 bits per heavy atom. The molecule has 0 radical (unpaired) electrons. The molecule has 0 heterocycles. The summed E-state index contributed by atoms with van der Waals surface area (Å²) in [6.07, 6.45) is -0.430. The van der Waals surface area contributed by atoms with E-state index in [9.17, 15) is 14.7 Å². The molecule has 4 nitrogen and oxygen atoms in total. The number of rotatable bonds is 4. The number of hydrogen-bond acceptors (Lipinski definition) is 4. The predicted molar refractivity (Wildman–Crippen MR) is 87.2 cm³/mol. The second-order valence-corrected chi connectivity index (χ2v) is 6.29. The van der Waals surface area contributed by atoms with Gasteiger partial charge in [0.05, 0.1) is 5.02 Å². The molecule has 2 rings (SSSR count). The first-order valence-corrected chi connectivity index (χ1v) is 7.62. The Morgan fingerprint density at radius 1 is 1.14 bits per heavy atom. The molecule has 0 saturated heterocycles. The molecular formula is C15H9BrCl2NO3-. The Bertz CT molecular complexity index is 778. The number of nitrogens with two attached hydrogens (primary N) is 1. The molecule has 0 aliphatic rings. The van der Waals surface area contributed by atoms with Gasteiger partial charge in [-0.1, -0.05) is 39.1 Å². The lowest BCUT2D eigenvalue weighted by molar-refractivity contribution is -0.304. The van der Waals surface area contributed by atoms with E-state index in [0.29, 0.717) is 0 Å². The van der Waals surface area contributed by atoms with Crippen LogP contribution in [0.5, 0.6) is 0 Å². The van der Waals surface area contributed by atoms with E-state index in [1.165, 1.54) is 12.1 Å². The molecule has 0 saturated carbocycles. The molecule has 0 fully saturated rings. The maximum atomic E-state index is 12.6. The van der Waals surface area contributed by atoms with Crippen molar-refractivity contribution in [1.29, 1.82) is 0 Å². The monoisotopic (exact) mass is 400 g/mol. The van der Waals surface area contributed by atoms with Crippen molar-refractivity contribution < 1.29 is 14.7 Å². The molecule has 0 aliphatic carbocycles. The molecule has 0 atom stereocenters. The number of halogens is 3. The van der Waals surface area contributed by atoms with Crippen LogP contribution in [-0.4, -0.2) is 11.8 Å². The van der Waals surface area contributed by atoms with E-state index in [2.05, 4.69) is 15.9 Å². The number of nitrogen functional groups attached to an aromatic ring is 1. The fraction of sp³-hybridized carbons (Fsp3) is 0.0667. The van der Waals surface area contributed by atoms with Crippen molar-refractivity contribution in [3.05, 3.63) is 61.5 Å². The standard InChI is InChI=1S/C15H10BrCl2NO3/c16-8-1-2-10(12(18)5-8)15(22)11-6-9(17)3-7(14(11)19)4-13(20)21/h1-3,5-6H,4,19H2,(H,20,21)/p-1. The molecule has 0 spiro atoms. The summed E-state index contributed by atoms with van der Waals surface area (Å²) in [5.74, 6) is -1.74. The molecule has 22 heavy (non-hydrogen) atoms. The topological polar surface area (TPSA) is 83.2 Å². The van der Waals surface area contributed by atoms with Crippen molar-refractivity contribution in [2.24, 2.45) is 0 Å². The van der Waals surface area contributed by atoms with E-state index >= 15 is 0 Å². The third-order valence-electron chi connectivity index (χ3n) is 2.99.